The topological polar surface area (TPSA) is 58.6 Å². The van der Waals surface area contributed by atoms with Crippen molar-refractivity contribution in [3.05, 3.63) is 0 Å². The molecule has 0 aliphatic rings. The Labute approximate surface area is 78.0 Å². The number of nitrogens with zero attached hydrogens (tertiary/aromatic N) is 1. The van der Waals surface area contributed by atoms with Crippen LogP contribution in [0.1, 0.15) is 20.8 Å². The van der Waals surface area contributed by atoms with E-state index < -0.39 is 6.03 Å². The van der Waals surface area contributed by atoms with Crippen LogP contribution in [0.15, 0.2) is 0 Å². The average Bonchev–Trinajstić information content (AvgIpc) is 2.04. The second-order valence-corrected chi connectivity index (χ2v) is 2.86. The summed E-state index contributed by atoms with van der Waals surface area (Å²) in [5, 5.41) is 3.19. The van der Waals surface area contributed by atoms with Crippen LogP contribution in [0.3, 0.4) is 0 Å². The SMILES string of the molecule is CCON(C)C(=O)NC(=O)C(C)C. The van der Waals surface area contributed by atoms with Crippen LogP contribution in [0.4, 0.5) is 4.79 Å². The van der Waals surface area contributed by atoms with Crippen LogP contribution in [0, 0.1) is 5.92 Å². The number of hydrogen-bond donors (Lipinski definition) is 1. The maximum Gasteiger partial charge on any atom is 0.347 e. The Morgan fingerprint density at radius 2 is 2.00 bits per heavy atom. The third-order valence-corrected chi connectivity index (χ3v) is 1.36. The molecule has 0 saturated heterocycles. The molecule has 3 amide bonds. The molecule has 0 aromatic rings. The summed E-state index contributed by atoms with van der Waals surface area (Å²) >= 11 is 0. The molecule has 0 aliphatic heterocycles. The van der Waals surface area contributed by atoms with E-state index >= 15 is 0 Å². The first kappa shape index (κ1) is 11.9. The normalized spacial score (nSPS) is 9.92. The van der Waals surface area contributed by atoms with Gasteiger partial charge >= 0.3 is 6.03 Å². The minimum Gasteiger partial charge on any atom is -0.276 e. The molecule has 0 atom stereocenters. The number of carbonyl (C=O) groups excluding carboxylic acids is 2. The first-order chi connectivity index (χ1) is 5.99. The van der Waals surface area contributed by atoms with Crippen LogP contribution < -0.4 is 5.32 Å². The highest BCUT2D eigenvalue weighted by Gasteiger charge is 2.14. The number of imide groups is 1. The lowest BCUT2D eigenvalue weighted by Crippen LogP contribution is -2.42. The minimum absolute atomic E-state index is 0.209. The van der Waals surface area contributed by atoms with Crippen LogP contribution in [0.5, 0.6) is 0 Å². The highest BCUT2D eigenvalue weighted by molar-refractivity contribution is 5.94. The molecule has 0 radical (unpaired) electrons. The summed E-state index contributed by atoms with van der Waals surface area (Å²) in [6.07, 6.45) is 0. The summed E-state index contributed by atoms with van der Waals surface area (Å²) in [4.78, 5) is 27.0. The van der Waals surface area contributed by atoms with Crippen molar-refractivity contribution in [2.45, 2.75) is 20.8 Å². The number of amides is 3. The molecular weight excluding hydrogens is 172 g/mol. The predicted molar refractivity (Wildman–Crippen MR) is 47.8 cm³/mol. The van der Waals surface area contributed by atoms with Gasteiger partial charge in [0, 0.05) is 13.0 Å². The van der Waals surface area contributed by atoms with E-state index in [0.717, 1.165) is 5.06 Å². The summed E-state index contributed by atoms with van der Waals surface area (Å²) in [5.41, 5.74) is 0. The third-order valence-electron chi connectivity index (χ3n) is 1.36. The lowest BCUT2D eigenvalue weighted by molar-refractivity contribution is -0.126. The second-order valence-electron chi connectivity index (χ2n) is 2.86. The molecule has 76 valence electrons. The molecule has 13 heavy (non-hydrogen) atoms. The van der Waals surface area contributed by atoms with E-state index in [1.165, 1.54) is 7.05 Å². The minimum atomic E-state index is -0.541. The van der Waals surface area contributed by atoms with E-state index in [0.29, 0.717) is 6.61 Å². The number of carbonyl (C=O) groups is 2. The summed E-state index contributed by atoms with van der Waals surface area (Å²) in [5.74, 6) is -0.518. The van der Waals surface area contributed by atoms with Crippen molar-refractivity contribution in [3.8, 4) is 0 Å². The van der Waals surface area contributed by atoms with Crippen molar-refractivity contribution >= 4 is 11.9 Å². The molecule has 0 bridgehead atoms. The van der Waals surface area contributed by atoms with Crippen molar-refractivity contribution in [2.24, 2.45) is 5.92 Å². The zero-order valence-corrected chi connectivity index (χ0v) is 8.46. The molecule has 0 spiro atoms. The fourth-order valence-corrected chi connectivity index (χ4v) is 0.581. The molecule has 0 aromatic heterocycles. The highest BCUT2D eigenvalue weighted by Crippen LogP contribution is 1.92. The number of hydrogen-bond acceptors (Lipinski definition) is 3. The molecule has 0 unspecified atom stereocenters. The van der Waals surface area contributed by atoms with E-state index in [-0.39, 0.29) is 11.8 Å². The Morgan fingerprint density at radius 1 is 1.46 bits per heavy atom. The molecule has 0 rings (SSSR count). The Bertz CT molecular complexity index is 192. The van der Waals surface area contributed by atoms with Gasteiger partial charge in [-0.05, 0) is 6.92 Å². The zero-order valence-electron chi connectivity index (χ0n) is 8.46. The second kappa shape index (κ2) is 5.53. The Balaban J connectivity index is 3.93. The van der Waals surface area contributed by atoms with Gasteiger partial charge in [0.15, 0.2) is 0 Å². The van der Waals surface area contributed by atoms with Crippen LogP contribution in [0.25, 0.3) is 0 Å². The average molecular weight is 188 g/mol. The van der Waals surface area contributed by atoms with Crippen molar-refractivity contribution < 1.29 is 14.4 Å². The number of rotatable bonds is 3. The Kier molecular flexibility index (Phi) is 5.06. The summed E-state index contributed by atoms with van der Waals surface area (Å²) in [6.45, 7) is 5.57. The standard InChI is InChI=1S/C8H16N2O3/c1-5-13-10(4)8(12)9-7(11)6(2)3/h6H,5H2,1-4H3,(H,9,11,12). The van der Waals surface area contributed by atoms with Gasteiger partial charge in [0.05, 0.1) is 6.61 Å². The van der Waals surface area contributed by atoms with Gasteiger partial charge in [-0.15, -0.1) is 0 Å². The van der Waals surface area contributed by atoms with Crippen molar-refractivity contribution in [1.29, 1.82) is 0 Å². The van der Waals surface area contributed by atoms with Gasteiger partial charge in [-0.1, -0.05) is 13.8 Å². The van der Waals surface area contributed by atoms with Gasteiger partial charge in [-0.25, -0.2) is 9.86 Å². The smallest absolute Gasteiger partial charge is 0.276 e. The first-order valence-electron chi connectivity index (χ1n) is 4.20. The molecule has 0 aromatic carbocycles. The maximum absolute atomic E-state index is 11.1. The van der Waals surface area contributed by atoms with Crippen molar-refractivity contribution in [2.75, 3.05) is 13.7 Å². The predicted octanol–water partition coefficient (Wildman–Crippen LogP) is 0.762. The summed E-state index contributed by atoms with van der Waals surface area (Å²) < 4.78 is 0. The van der Waals surface area contributed by atoms with Crippen LogP contribution in [-0.4, -0.2) is 30.7 Å². The molecule has 0 fully saturated rings. The lowest BCUT2D eigenvalue weighted by Gasteiger charge is -2.16. The fourth-order valence-electron chi connectivity index (χ4n) is 0.581. The van der Waals surface area contributed by atoms with Gasteiger partial charge < -0.3 is 0 Å². The Hall–Kier alpha value is -1.10. The third kappa shape index (κ3) is 4.47. The van der Waals surface area contributed by atoms with Crippen molar-refractivity contribution in [1.82, 2.24) is 10.4 Å². The van der Waals surface area contributed by atoms with Gasteiger partial charge in [-0.3, -0.25) is 14.9 Å². The van der Waals surface area contributed by atoms with E-state index in [9.17, 15) is 9.59 Å². The molecule has 0 heterocycles. The van der Waals surface area contributed by atoms with E-state index in [1.54, 1.807) is 20.8 Å². The molecule has 0 saturated carbocycles. The van der Waals surface area contributed by atoms with Gasteiger partial charge in [0.1, 0.15) is 0 Å². The first-order valence-corrected chi connectivity index (χ1v) is 4.20. The highest BCUT2D eigenvalue weighted by atomic mass is 16.7. The van der Waals surface area contributed by atoms with Gasteiger partial charge in [0.25, 0.3) is 0 Å². The monoisotopic (exact) mass is 188 g/mol. The van der Waals surface area contributed by atoms with Crippen LogP contribution in [0.2, 0.25) is 0 Å². The van der Waals surface area contributed by atoms with Crippen molar-refractivity contribution in [3.63, 3.8) is 0 Å². The lowest BCUT2D eigenvalue weighted by atomic mass is 10.2. The van der Waals surface area contributed by atoms with Gasteiger partial charge in [-0.2, -0.15) is 0 Å². The number of urea groups is 1. The van der Waals surface area contributed by atoms with Gasteiger partial charge in [0.2, 0.25) is 5.91 Å². The molecule has 0 aliphatic carbocycles. The van der Waals surface area contributed by atoms with E-state index in [4.69, 9.17) is 4.84 Å². The maximum atomic E-state index is 11.1. The van der Waals surface area contributed by atoms with E-state index in [1.807, 2.05) is 0 Å². The Morgan fingerprint density at radius 3 is 2.38 bits per heavy atom. The quantitative estimate of drug-likeness (QED) is 0.665. The largest absolute Gasteiger partial charge is 0.347 e. The van der Waals surface area contributed by atoms with Crippen LogP contribution >= 0.6 is 0 Å². The molecule has 1 N–H and O–H groups in total. The molecule has 5 nitrogen and oxygen atoms in total. The molecule has 5 heteroatoms. The fraction of sp³-hybridized carbons (Fsp3) is 0.750. The molecular formula is C8H16N2O3. The number of hydroxylamine groups is 2. The summed E-state index contributed by atoms with van der Waals surface area (Å²) in [6, 6.07) is -0.541. The zero-order chi connectivity index (χ0) is 10.4. The van der Waals surface area contributed by atoms with E-state index in [2.05, 4.69) is 5.32 Å². The summed E-state index contributed by atoms with van der Waals surface area (Å²) in [7, 11) is 1.45. The van der Waals surface area contributed by atoms with Crippen LogP contribution in [-0.2, 0) is 9.63 Å². The number of nitrogens with one attached hydrogen (secondary N) is 1.